The third kappa shape index (κ3) is 6.44. The maximum atomic E-state index is 4.27. The summed E-state index contributed by atoms with van der Waals surface area (Å²) in [6, 6.07) is 5.95. The van der Waals surface area contributed by atoms with Crippen molar-refractivity contribution in [2.45, 2.75) is 54.0 Å². The Morgan fingerprint density at radius 2 is 1.50 bits per heavy atom. The molecule has 1 aromatic heterocycles. The van der Waals surface area contributed by atoms with Gasteiger partial charge in [-0.2, -0.15) is 0 Å². The minimum Gasteiger partial charge on any atom is -0.355 e. The summed E-state index contributed by atoms with van der Waals surface area (Å²) < 4.78 is 0. The molecule has 0 N–H and O–H groups in total. The van der Waals surface area contributed by atoms with Gasteiger partial charge < -0.3 is 4.90 Å². The fraction of sp³-hybridized carbons (Fsp3) is 0.643. The van der Waals surface area contributed by atoms with Crippen molar-refractivity contribution < 1.29 is 0 Å². The molecule has 0 spiro atoms. The molecule has 0 bridgehead atoms. The van der Waals surface area contributed by atoms with Gasteiger partial charge in [-0.25, -0.2) is 4.98 Å². The number of hydrogen-bond acceptors (Lipinski definition) is 2. The Hall–Kier alpha value is -1.05. The van der Waals surface area contributed by atoms with Crippen LogP contribution < -0.4 is 4.90 Å². The summed E-state index contributed by atoms with van der Waals surface area (Å²) in [5, 5.41) is 0. The largest absolute Gasteiger partial charge is 0.355 e. The predicted molar refractivity (Wildman–Crippen MR) is 75.1 cm³/mol. The lowest BCUT2D eigenvalue weighted by Gasteiger charge is -2.32. The molecule has 0 unspecified atom stereocenters. The van der Waals surface area contributed by atoms with Crippen LogP contribution in [0.3, 0.4) is 0 Å². The first-order chi connectivity index (χ1) is 7.52. The van der Waals surface area contributed by atoms with Crippen LogP contribution in [0.15, 0.2) is 24.4 Å². The average Bonchev–Trinajstić information content (AvgIpc) is 2.33. The standard InChI is InChI=1S/C10H16N2.2C2H6/c1-10(2,3)12(4)9-7-5-6-8-11-9;2*1-2/h5-8H,1-4H3;2*1-2H3. The Kier molecular flexibility index (Phi) is 9.97. The number of hydrogen-bond donors (Lipinski definition) is 0. The molecule has 0 aliphatic rings. The van der Waals surface area contributed by atoms with Crippen molar-refractivity contribution in [1.82, 2.24) is 4.98 Å². The molecular weight excluding hydrogens is 196 g/mol. The minimum absolute atomic E-state index is 0.133. The van der Waals surface area contributed by atoms with Gasteiger partial charge in [0.15, 0.2) is 0 Å². The first-order valence-corrected chi connectivity index (χ1v) is 6.16. The topological polar surface area (TPSA) is 16.1 Å². The second-order valence-electron chi connectivity index (χ2n) is 3.92. The molecule has 0 aliphatic carbocycles. The van der Waals surface area contributed by atoms with Crippen LogP contribution in [-0.2, 0) is 0 Å². The molecule has 2 nitrogen and oxygen atoms in total. The molecule has 0 aromatic carbocycles. The van der Waals surface area contributed by atoms with Gasteiger partial charge in [0.05, 0.1) is 0 Å². The van der Waals surface area contributed by atoms with Crippen LogP contribution in [0.2, 0.25) is 0 Å². The average molecular weight is 224 g/mol. The van der Waals surface area contributed by atoms with E-state index in [1.807, 2.05) is 52.1 Å². The molecule has 0 saturated heterocycles. The molecule has 94 valence electrons. The highest BCUT2D eigenvalue weighted by molar-refractivity contribution is 5.39. The number of nitrogens with zero attached hydrogens (tertiary/aromatic N) is 2. The van der Waals surface area contributed by atoms with E-state index >= 15 is 0 Å². The summed E-state index contributed by atoms with van der Waals surface area (Å²) in [6.07, 6.45) is 1.82. The van der Waals surface area contributed by atoms with E-state index in [0.29, 0.717) is 0 Å². The number of pyridine rings is 1. The summed E-state index contributed by atoms with van der Waals surface area (Å²) >= 11 is 0. The number of aromatic nitrogens is 1. The van der Waals surface area contributed by atoms with E-state index in [9.17, 15) is 0 Å². The van der Waals surface area contributed by atoms with E-state index in [-0.39, 0.29) is 5.54 Å². The van der Waals surface area contributed by atoms with Gasteiger partial charge in [-0.15, -0.1) is 0 Å². The Morgan fingerprint density at radius 3 is 1.81 bits per heavy atom. The molecule has 1 rings (SSSR count). The van der Waals surface area contributed by atoms with Gasteiger partial charge in [-0.3, -0.25) is 0 Å². The minimum atomic E-state index is 0.133. The van der Waals surface area contributed by atoms with Crippen molar-refractivity contribution >= 4 is 5.82 Å². The van der Waals surface area contributed by atoms with Crippen LogP contribution in [0.25, 0.3) is 0 Å². The lowest BCUT2D eigenvalue weighted by Crippen LogP contribution is -2.38. The Bertz CT molecular complexity index is 237. The second-order valence-corrected chi connectivity index (χ2v) is 3.92. The van der Waals surface area contributed by atoms with Crippen molar-refractivity contribution in [3.63, 3.8) is 0 Å². The molecule has 0 atom stereocenters. The first-order valence-electron chi connectivity index (χ1n) is 6.16. The van der Waals surface area contributed by atoms with Crippen LogP contribution >= 0.6 is 0 Å². The van der Waals surface area contributed by atoms with E-state index in [1.165, 1.54) is 0 Å². The maximum absolute atomic E-state index is 4.27. The highest BCUT2D eigenvalue weighted by Gasteiger charge is 2.17. The SMILES string of the molecule is CC.CC.CN(c1ccccn1)C(C)(C)C. The fourth-order valence-corrected chi connectivity index (χ4v) is 0.896. The monoisotopic (exact) mass is 224 g/mol. The van der Waals surface area contributed by atoms with Crippen LogP contribution in [0, 0.1) is 0 Å². The highest BCUT2D eigenvalue weighted by atomic mass is 15.2. The van der Waals surface area contributed by atoms with Gasteiger partial charge in [0.1, 0.15) is 5.82 Å². The zero-order chi connectivity index (χ0) is 13.2. The van der Waals surface area contributed by atoms with Crippen LogP contribution in [0.1, 0.15) is 48.5 Å². The zero-order valence-electron chi connectivity index (χ0n) is 12.2. The van der Waals surface area contributed by atoms with Gasteiger partial charge >= 0.3 is 0 Å². The van der Waals surface area contributed by atoms with E-state index in [4.69, 9.17) is 0 Å². The molecular formula is C14H28N2. The maximum Gasteiger partial charge on any atom is 0.128 e. The Labute approximate surface area is 102 Å². The molecule has 0 amide bonds. The first kappa shape index (κ1) is 17.3. The summed E-state index contributed by atoms with van der Waals surface area (Å²) in [5.41, 5.74) is 0.133. The fourth-order valence-electron chi connectivity index (χ4n) is 0.896. The van der Waals surface area contributed by atoms with Gasteiger partial charge in [0.2, 0.25) is 0 Å². The molecule has 1 heterocycles. The number of rotatable bonds is 1. The van der Waals surface area contributed by atoms with Gasteiger partial charge in [0.25, 0.3) is 0 Å². The van der Waals surface area contributed by atoms with Crippen molar-refractivity contribution in [3.05, 3.63) is 24.4 Å². The molecule has 16 heavy (non-hydrogen) atoms. The van der Waals surface area contributed by atoms with Crippen LogP contribution in [-0.4, -0.2) is 17.6 Å². The van der Waals surface area contributed by atoms with E-state index in [0.717, 1.165) is 5.82 Å². The summed E-state index contributed by atoms with van der Waals surface area (Å²) in [5.74, 6) is 1.02. The second kappa shape index (κ2) is 9.20. The number of anilines is 1. The predicted octanol–water partition coefficient (Wildman–Crippen LogP) is 4.37. The third-order valence-corrected chi connectivity index (χ3v) is 2.00. The van der Waals surface area contributed by atoms with Gasteiger partial charge in [-0.05, 0) is 32.9 Å². The molecule has 0 aliphatic heterocycles. The lowest BCUT2D eigenvalue weighted by molar-refractivity contribution is 0.534. The Balaban J connectivity index is 0. The molecule has 0 radical (unpaired) electrons. The summed E-state index contributed by atoms with van der Waals surface area (Å²) in [7, 11) is 2.06. The summed E-state index contributed by atoms with van der Waals surface area (Å²) in [4.78, 5) is 6.43. The molecule has 1 aromatic rings. The third-order valence-electron chi connectivity index (χ3n) is 2.00. The van der Waals surface area contributed by atoms with Crippen molar-refractivity contribution in [2.75, 3.05) is 11.9 Å². The lowest BCUT2D eigenvalue weighted by atomic mass is 10.1. The zero-order valence-corrected chi connectivity index (χ0v) is 12.2. The van der Waals surface area contributed by atoms with Crippen molar-refractivity contribution in [3.8, 4) is 0 Å². The van der Waals surface area contributed by atoms with Crippen LogP contribution in [0.5, 0.6) is 0 Å². The van der Waals surface area contributed by atoms with Crippen LogP contribution in [0.4, 0.5) is 5.82 Å². The molecule has 0 saturated carbocycles. The quantitative estimate of drug-likeness (QED) is 0.704. The molecule has 2 heteroatoms. The van der Waals surface area contributed by atoms with Crippen molar-refractivity contribution in [1.29, 1.82) is 0 Å². The smallest absolute Gasteiger partial charge is 0.128 e. The summed E-state index contributed by atoms with van der Waals surface area (Å²) in [6.45, 7) is 14.5. The van der Waals surface area contributed by atoms with Gasteiger partial charge in [0, 0.05) is 18.8 Å². The highest BCUT2D eigenvalue weighted by Crippen LogP contribution is 2.17. The van der Waals surface area contributed by atoms with Gasteiger partial charge in [-0.1, -0.05) is 33.8 Å². The Morgan fingerprint density at radius 1 is 1.00 bits per heavy atom. The normalized spacial score (nSPS) is 9.25. The van der Waals surface area contributed by atoms with E-state index < -0.39 is 0 Å². The van der Waals surface area contributed by atoms with E-state index in [2.05, 4.69) is 37.7 Å². The van der Waals surface area contributed by atoms with E-state index in [1.54, 1.807) is 0 Å². The molecule has 0 fully saturated rings. The van der Waals surface area contributed by atoms with Crippen molar-refractivity contribution in [2.24, 2.45) is 0 Å².